The summed E-state index contributed by atoms with van der Waals surface area (Å²) < 4.78 is 47.9. The SMILES string of the molecule is CCOc1ccc(N(CC(=O)N(Cc2ccc(Cl)c(Cl)c2)[C@H](CC)C(=O)N[C@H](C)CC)S(=O)(=O)c2ccc(F)cc2)cc1. The molecule has 8 nitrogen and oxygen atoms in total. The Bertz CT molecular complexity index is 1500. The quantitative estimate of drug-likeness (QED) is 0.216. The van der Waals surface area contributed by atoms with Crippen molar-refractivity contribution in [1.82, 2.24) is 10.2 Å². The summed E-state index contributed by atoms with van der Waals surface area (Å²) in [6.07, 6.45) is 0.952. The van der Waals surface area contributed by atoms with Crippen LogP contribution in [0.5, 0.6) is 5.75 Å². The first-order chi connectivity index (χ1) is 20.4. The van der Waals surface area contributed by atoms with E-state index in [1.165, 1.54) is 17.0 Å². The van der Waals surface area contributed by atoms with Gasteiger partial charge in [0.1, 0.15) is 24.2 Å². The molecule has 0 spiro atoms. The van der Waals surface area contributed by atoms with E-state index >= 15 is 0 Å². The number of carbonyl (C=O) groups excluding carboxylic acids is 2. The highest BCUT2D eigenvalue weighted by Gasteiger charge is 2.34. The van der Waals surface area contributed by atoms with Gasteiger partial charge in [0.05, 0.1) is 27.2 Å². The molecule has 0 aliphatic rings. The molecule has 1 N–H and O–H groups in total. The molecule has 0 unspecified atom stereocenters. The molecule has 3 rings (SSSR count). The van der Waals surface area contributed by atoms with Crippen LogP contribution in [-0.4, -0.2) is 50.4 Å². The molecular formula is C31H36Cl2FN3O5S. The molecule has 0 radical (unpaired) electrons. The Morgan fingerprint density at radius 1 is 0.930 bits per heavy atom. The summed E-state index contributed by atoms with van der Waals surface area (Å²) in [5.74, 6) is -1.07. The molecule has 43 heavy (non-hydrogen) atoms. The maximum atomic E-state index is 14.1. The topological polar surface area (TPSA) is 96.0 Å². The molecule has 0 aromatic heterocycles. The van der Waals surface area contributed by atoms with Crippen molar-refractivity contribution in [2.75, 3.05) is 17.5 Å². The van der Waals surface area contributed by atoms with Crippen molar-refractivity contribution in [3.63, 3.8) is 0 Å². The minimum atomic E-state index is -4.35. The van der Waals surface area contributed by atoms with E-state index < -0.39 is 34.3 Å². The fourth-order valence-corrected chi connectivity index (χ4v) is 6.07. The highest BCUT2D eigenvalue weighted by molar-refractivity contribution is 7.92. The van der Waals surface area contributed by atoms with Crippen LogP contribution in [0.3, 0.4) is 0 Å². The largest absolute Gasteiger partial charge is 0.494 e. The van der Waals surface area contributed by atoms with Crippen molar-refractivity contribution in [2.45, 2.75) is 64.1 Å². The third-order valence-electron chi connectivity index (χ3n) is 6.84. The van der Waals surface area contributed by atoms with Gasteiger partial charge in [-0.2, -0.15) is 0 Å². The predicted molar refractivity (Wildman–Crippen MR) is 168 cm³/mol. The van der Waals surface area contributed by atoms with E-state index in [1.54, 1.807) is 37.3 Å². The molecule has 0 heterocycles. The van der Waals surface area contributed by atoms with Gasteiger partial charge in [0, 0.05) is 12.6 Å². The van der Waals surface area contributed by atoms with E-state index in [0.717, 1.165) is 28.6 Å². The normalized spacial score (nSPS) is 12.7. The van der Waals surface area contributed by atoms with Gasteiger partial charge < -0.3 is 15.0 Å². The first-order valence-electron chi connectivity index (χ1n) is 14.0. The Kier molecular flexibility index (Phi) is 12.2. The minimum Gasteiger partial charge on any atom is -0.494 e. The second-order valence-electron chi connectivity index (χ2n) is 9.90. The van der Waals surface area contributed by atoms with Crippen LogP contribution in [-0.2, 0) is 26.2 Å². The zero-order valence-electron chi connectivity index (χ0n) is 24.5. The highest BCUT2D eigenvalue weighted by atomic mass is 35.5. The lowest BCUT2D eigenvalue weighted by Crippen LogP contribution is -2.53. The van der Waals surface area contributed by atoms with E-state index in [9.17, 15) is 22.4 Å². The number of rotatable bonds is 14. The summed E-state index contributed by atoms with van der Waals surface area (Å²) in [5, 5.41) is 3.53. The average Bonchev–Trinajstić information content (AvgIpc) is 2.98. The number of amides is 2. The highest BCUT2D eigenvalue weighted by Crippen LogP contribution is 2.28. The number of anilines is 1. The molecule has 2 atom stereocenters. The predicted octanol–water partition coefficient (Wildman–Crippen LogP) is 6.45. The van der Waals surface area contributed by atoms with Crippen LogP contribution in [0.2, 0.25) is 10.0 Å². The Morgan fingerprint density at radius 2 is 1.58 bits per heavy atom. The molecule has 12 heteroatoms. The van der Waals surface area contributed by atoms with E-state index in [-0.39, 0.29) is 40.5 Å². The Hall–Kier alpha value is -3.34. The van der Waals surface area contributed by atoms with Gasteiger partial charge in [0.15, 0.2) is 0 Å². The van der Waals surface area contributed by atoms with E-state index in [4.69, 9.17) is 27.9 Å². The van der Waals surface area contributed by atoms with Gasteiger partial charge in [0.2, 0.25) is 11.8 Å². The maximum Gasteiger partial charge on any atom is 0.264 e. The molecule has 0 saturated heterocycles. The van der Waals surface area contributed by atoms with Gasteiger partial charge in [-0.1, -0.05) is 43.1 Å². The molecule has 0 aliphatic carbocycles. The summed E-state index contributed by atoms with van der Waals surface area (Å²) in [7, 11) is -4.35. The first kappa shape index (κ1) is 34.2. The number of halogens is 3. The lowest BCUT2D eigenvalue weighted by Gasteiger charge is -2.33. The molecule has 3 aromatic rings. The zero-order chi connectivity index (χ0) is 31.7. The van der Waals surface area contributed by atoms with Crippen LogP contribution in [0.4, 0.5) is 10.1 Å². The van der Waals surface area contributed by atoms with Crippen LogP contribution < -0.4 is 14.4 Å². The number of benzene rings is 3. The number of hydrogen-bond acceptors (Lipinski definition) is 5. The van der Waals surface area contributed by atoms with Gasteiger partial charge in [0.25, 0.3) is 10.0 Å². The lowest BCUT2D eigenvalue weighted by molar-refractivity contribution is -0.140. The standard InChI is InChI=1S/C31H36Cl2FN3O5S/c1-5-21(4)35-31(39)29(6-2)36(19-22-8-17-27(32)28(33)18-22)30(38)20-37(24-11-13-25(14-12-24)42-7-3)43(40,41)26-15-9-23(34)10-16-26/h8-18,21,29H,5-7,19-20H2,1-4H3,(H,35,39)/t21-,29-/m1/s1. The number of nitrogens with zero attached hydrogens (tertiary/aromatic N) is 2. The van der Waals surface area contributed by atoms with Gasteiger partial charge in [-0.15, -0.1) is 0 Å². The van der Waals surface area contributed by atoms with Crippen LogP contribution in [0.1, 0.15) is 46.1 Å². The number of nitrogens with one attached hydrogen (secondary N) is 1. The average molecular weight is 653 g/mol. The zero-order valence-corrected chi connectivity index (χ0v) is 26.8. The monoisotopic (exact) mass is 651 g/mol. The van der Waals surface area contributed by atoms with Crippen molar-refractivity contribution in [3.8, 4) is 5.75 Å². The van der Waals surface area contributed by atoms with Crippen molar-refractivity contribution < 1.29 is 27.1 Å². The summed E-state index contributed by atoms with van der Waals surface area (Å²) >= 11 is 12.3. The molecule has 3 aromatic carbocycles. The van der Waals surface area contributed by atoms with E-state index in [0.29, 0.717) is 29.4 Å². The summed E-state index contributed by atoms with van der Waals surface area (Å²) in [5.41, 5.74) is 0.791. The second-order valence-corrected chi connectivity index (χ2v) is 12.6. The number of hydrogen-bond donors (Lipinski definition) is 1. The Balaban J connectivity index is 2.08. The molecule has 2 amide bonds. The molecule has 0 aliphatic heterocycles. The fraction of sp³-hybridized carbons (Fsp3) is 0.355. The summed E-state index contributed by atoms with van der Waals surface area (Å²) in [4.78, 5) is 28.7. The van der Waals surface area contributed by atoms with Crippen LogP contribution >= 0.6 is 23.2 Å². The first-order valence-corrected chi connectivity index (χ1v) is 16.2. The van der Waals surface area contributed by atoms with Crippen molar-refractivity contribution in [1.29, 1.82) is 0 Å². The van der Waals surface area contributed by atoms with Crippen molar-refractivity contribution in [3.05, 3.63) is 88.2 Å². The molecule has 0 fully saturated rings. The van der Waals surface area contributed by atoms with Crippen LogP contribution in [0.15, 0.2) is 71.6 Å². The number of carbonyl (C=O) groups is 2. The molecular weight excluding hydrogens is 616 g/mol. The third-order valence-corrected chi connectivity index (χ3v) is 9.37. The third kappa shape index (κ3) is 8.84. The molecule has 0 saturated carbocycles. The van der Waals surface area contributed by atoms with Gasteiger partial charge in [-0.05, 0) is 92.9 Å². The van der Waals surface area contributed by atoms with Gasteiger partial charge in [-0.25, -0.2) is 12.8 Å². The van der Waals surface area contributed by atoms with Crippen molar-refractivity contribution >= 4 is 50.7 Å². The Morgan fingerprint density at radius 3 is 2.14 bits per heavy atom. The Labute approximate surface area is 262 Å². The number of ether oxygens (including phenoxy) is 1. The van der Waals surface area contributed by atoms with Gasteiger partial charge >= 0.3 is 0 Å². The van der Waals surface area contributed by atoms with Gasteiger partial charge in [-0.3, -0.25) is 13.9 Å². The maximum absolute atomic E-state index is 14.1. The smallest absolute Gasteiger partial charge is 0.264 e. The number of sulfonamides is 1. The van der Waals surface area contributed by atoms with Crippen molar-refractivity contribution in [2.24, 2.45) is 0 Å². The second kappa shape index (κ2) is 15.4. The summed E-state index contributed by atoms with van der Waals surface area (Å²) in [6, 6.07) is 14.4. The molecule has 232 valence electrons. The van der Waals surface area contributed by atoms with Crippen LogP contribution in [0.25, 0.3) is 0 Å². The fourth-order valence-electron chi connectivity index (χ4n) is 4.33. The van der Waals surface area contributed by atoms with E-state index in [1.807, 2.05) is 20.8 Å². The van der Waals surface area contributed by atoms with Crippen LogP contribution in [0, 0.1) is 5.82 Å². The lowest BCUT2D eigenvalue weighted by atomic mass is 10.1. The molecule has 0 bridgehead atoms. The van der Waals surface area contributed by atoms with E-state index in [2.05, 4.69) is 5.32 Å². The minimum absolute atomic E-state index is 0.0319. The summed E-state index contributed by atoms with van der Waals surface area (Å²) in [6.45, 7) is 7.13.